The molecule has 1 N–H and O–H groups in total. The van der Waals surface area contributed by atoms with Gasteiger partial charge in [0.25, 0.3) is 0 Å². The number of benzene rings is 1. The number of hydrogen-bond donors (Lipinski definition) is 1. The molecule has 0 amide bonds. The van der Waals surface area contributed by atoms with Gasteiger partial charge in [0.2, 0.25) is 0 Å². The van der Waals surface area contributed by atoms with E-state index in [-0.39, 0.29) is 0 Å². The van der Waals surface area contributed by atoms with Crippen LogP contribution in [0.3, 0.4) is 0 Å². The van der Waals surface area contributed by atoms with E-state index in [4.69, 9.17) is 0 Å². The van der Waals surface area contributed by atoms with Crippen molar-refractivity contribution in [2.45, 2.75) is 27.2 Å². The minimum atomic E-state index is 0.782. The van der Waals surface area contributed by atoms with Gasteiger partial charge < -0.3 is 5.32 Å². The van der Waals surface area contributed by atoms with E-state index >= 15 is 0 Å². The Labute approximate surface area is 122 Å². The highest BCUT2D eigenvalue weighted by Gasteiger charge is 2.12. The van der Waals surface area contributed by atoms with E-state index in [1.165, 1.54) is 11.1 Å². The van der Waals surface area contributed by atoms with Crippen molar-refractivity contribution in [2.75, 3.05) is 12.4 Å². The third kappa shape index (κ3) is 2.78. The average molecular weight is 320 g/mol. The van der Waals surface area contributed by atoms with Crippen LogP contribution in [0.2, 0.25) is 0 Å². The van der Waals surface area contributed by atoms with Gasteiger partial charge in [0, 0.05) is 28.3 Å². The van der Waals surface area contributed by atoms with Crippen LogP contribution in [0.1, 0.15) is 23.7 Å². The molecule has 3 nitrogen and oxygen atoms in total. The first-order chi connectivity index (χ1) is 9.06. The molecule has 0 saturated heterocycles. The van der Waals surface area contributed by atoms with E-state index in [0.29, 0.717) is 0 Å². The lowest BCUT2D eigenvalue weighted by Crippen LogP contribution is -2.05. The first kappa shape index (κ1) is 14.0. The Balaban J connectivity index is 2.60. The lowest BCUT2D eigenvalue weighted by molar-refractivity contribution is 1.00. The van der Waals surface area contributed by atoms with Gasteiger partial charge in [0.15, 0.2) is 5.82 Å². The summed E-state index contributed by atoms with van der Waals surface area (Å²) in [5.41, 5.74) is 4.46. The SMILES string of the molecule is CCc1c(C)nc(-c2ccc(Br)cc2C)nc1NC. The number of aromatic nitrogens is 2. The van der Waals surface area contributed by atoms with E-state index in [2.05, 4.69) is 57.2 Å². The molecular formula is C15H18BrN3. The first-order valence-electron chi connectivity index (χ1n) is 6.38. The molecule has 0 fully saturated rings. The van der Waals surface area contributed by atoms with E-state index < -0.39 is 0 Å². The zero-order chi connectivity index (χ0) is 14.0. The van der Waals surface area contributed by atoms with Crippen molar-refractivity contribution in [3.05, 3.63) is 39.5 Å². The van der Waals surface area contributed by atoms with Crippen molar-refractivity contribution in [1.29, 1.82) is 0 Å². The Morgan fingerprint density at radius 2 is 1.95 bits per heavy atom. The highest BCUT2D eigenvalue weighted by Crippen LogP contribution is 2.26. The minimum absolute atomic E-state index is 0.782. The third-order valence-corrected chi connectivity index (χ3v) is 3.73. The molecule has 100 valence electrons. The van der Waals surface area contributed by atoms with Crippen LogP contribution >= 0.6 is 15.9 Å². The Morgan fingerprint density at radius 1 is 1.21 bits per heavy atom. The van der Waals surface area contributed by atoms with Crippen molar-refractivity contribution < 1.29 is 0 Å². The van der Waals surface area contributed by atoms with Gasteiger partial charge in [0.05, 0.1) is 0 Å². The fourth-order valence-corrected chi connectivity index (χ4v) is 2.70. The Morgan fingerprint density at radius 3 is 2.53 bits per heavy atom. The molecule has 2 rings (SSSR count). The fourth-order valence-electron chi connectivity index (χ4n) is 2.22. The number of rotatable bonds is 3. The second-order valence-electron chi connectivity index (χ2n) is 4.52. The summed E-state index contributed by atoms with van der Waals surface area (Å²) in [6, 6.07) is 6.16. The van der Waals surface area contributed by atoms with Crippen LogP contribution in [0.4, 0.5) is 5.82 Å². The fraction of sp³-hybridized carbons (Fsp3) is 0.333. The van der Waals surface area contributed by atoms with Crippen LogP contribution < -0.4 is 5.32 Å². The Kier molecular flexibility index (Phi) is 4.20. The highest BCUT2D eigenvalue weighted by molar-refractivity contribution is 9.10. The van der Waals surface area contributed by atoms with Crippen LogP contribution in [-0.4, -0.2) is 17.0 Å². The molecule has 0 unspecified atom stereocenters. The molecule has 19 heavy (non-hydrogen) atoms. The number of aryl methyl sites for hydroxylation is 2. The van der Waals surface area contributed by atoms with Crippen molar-refractivity contribution >= 4 is 21.7 Å². The lowest BCUT2D eigenvalue weighted by Gasteiger charge is -2.13. The van der Waals surface area contributed by atoms with Crippen molar-refractivity contribution in [3.63, 3.8) is 0 Å². The summed E-state index contributed by atoms with van der Waals surface area (Å²) < 4.78 is 1.07. The van der Waals surface area contributed by atoms with Crippen LogP contribution in [0, 0.1) is 13.8 Å². The van der Waals surface area contributed by atoms with Gasteiger partial charge in [-0.1, -0.05) is 22.9 Å². The zero-order valence-electron chi connectivity index (χ0n) is 11.7. The molecule has 0 aliphatic rings. The molecule has 0 atom stereocenters. The molecule has 0 bridgehead atoms. The van der Waals surface area contributed by atoms with Gasteiger partial charge in [0.1, 0.15) is 5.82 Å². The van der Waals surface area contributed by atoms with E-state index in [9.17, 15) is 0 Å². The predicted molar refractivity (Wildman–Crippen MR) is 83.6 cm³/mol. The molecule has 0 radical (unpaired) electrons. The Hall–Kier alpha value is -1.42. The molecule has 0 aliphatic heterocycles. The minimum Gasteiger partial charge on any atom is -0.373 e. The van der Waals surface area contributed by atoms with Gasteiger partial charge in [-0.05, 0) is 44.0 Å². The maximum atomic E-state index is 4.65. The second kappa shape index (κ2) is 5.70. The third-order valence-electron chi connectivity index (χ3n) is 3.23. The summed E-state index contributed by atoms with van der Waals surface area (Å²) in [5.74, 6) is 1.70. The summed E-state index contributed by atoms with van der Waals surface area (Å²) in [7, 11) is 1.90. The maximum absolute atomic E-state index is 4.65. The molecule has 0 spiro atoms. The van der Waals surface area contributed by atoms with Crippen molar-refractivity contribution in [3.8, 4) is 11.4 Å². The summed E-state index contributed by atoms with van der Waals surface area (Å²) in [6.45, 7) is 6.24. The smallest absolute Gasteiger partial charge is 0.162 e. The highest BCUT2D eigenvalue weighted by atomic mass is 79.9. The van der Waals surface area contributed by atoms with Gasteiger partial charge in [-0.2, -0.15) is 0 Å². The standard InChI is InChI=1S/C15H18BrN3/c1-5-12-10(3)18-15(19-14(12)17-4)13-7-6-11(16)8-9(13)2/h6-8H,5H2,1-4H3,(H,17,18,19). The van der Waals surface area contributed by atoms with E-state index in [1.807, 2.05) is 20.0 Å². The molecule has 0 aliphatic carbocycles. The van der Waals surface area contributed by atoms with Gasteiger partial charge in [-0.3, -0.25) is 0 Å². The normalized spacial score (nSPS) is 10.6. The number of nitrogens with zero attached hydrogens (tertiary/aromatic N) is 2. The predicted octanol–water partition coefficient (Wildman–Crippen LogP) is 4.13. The average Bonchev–Trinajstić information content (AvgIpc) is 2.37. The van der Waals surface area contributed by atoms with Crippen LogP contribution in [0.25, 0.3) is 11.4 Å². The van der Waals surface area contributed by atoms with Gasteiger partial charge >= 0.3 is 0 Å². The summed E-state index contributed by atoms with van der Waals surface area (Å²) >= 11 is 3.48. The van der Waals surface area contributed by atoms with Gasteiger partial charge in [-0.15, -0.1) is 0 Å². The van der Waals surface area contributed by atoms with E-state index in [0.717, 1.165) is 33.8 Å². The quantitative estimate of drug-likeness (QED) is 0.924. The summed E-state index contributed by atoms with van der Waals surface area (Å²) in [5, 5.41) is 3.17. The number of anilines is 1. The molecule has 0 saturated carbocycles. The summed E-state index contributed by atoms with van der Waals surface area (Å²) in [4.78, 5) is 9.29. The van der Waals surface area contributed by atoms with Crippen LogP contribution in [0.15, 0.2) is 22.7 Å². The van der Waals surface area contributed by atoms with Gasteiger partial charge in [-0.25, -0.2) is 9.97 Å². The summed E-state index contributed by atoms with van der Waals surface area (Å²) in [6.07, 6.45) is 0.932. The van der Waals surface area contributed by atoms with Crippen LogP contribution in [-0.2, 0) is 6.42 Å². The van der Waals surface area contributed by atoms with E-state index in [1.54, 1.807) is 0 Å². The Bertz CT molecular complexity index is 609. The second-order valence-corrected chi connectivity index (χ2v) is 5.44. The molecule has 4 heteroatoms. The molecule has 1 aromatic carbocycles. The lowest BCUT2D eigenvalue weighted by atomic mass is 10.1. The topological polar surface area (TPSA) is 37.8 Å². The number of hydrogen-bond acceptors (Lipinski definition) is 3. The number of nitrogens with one attached hydrogen (secondary N) is 1. The molecule has 1 aromatic heterocycles. The van der Waals surface area contributed by atoms with Crippen molar-refractivity contribution in [1.82, 2.24) is 9.97 Å². The largest absolute Gasteiger partial charge is 0.373 e. The zero-order valence-corrected chi connectivity index (χ0v) is 13.3. The van der Waals surface area contributed by atoms with Crippen molar-refractivity contribution in [2.24, 2.45) is 0 Å². The molecule has 1 heterocycles. The molecular weight excluding hydrogens is 302 g/mol. The maximum Gasteiger partial charge on any atom is 0.162 e. The van der Waals surface area contributed by atoms with Crippen LogP contribution in [0.5, 0.6) is 0 Å². The molecule has 2 aromatic rings. The monoisotopic (exact) mass is 319 g/mol. The first-order valence-corrected chi connectivity index (χ1v) is 7.18. The number of halogens is 1.